The Morgan fingerprint density at radius 1 is 1.31 bits per heavy atom. The smallest absolute Gasteiger partial charge is 0.296 e. The highest BCUT2D eigenvalue weighted by Gasteiger charge is 2.30. The predicted molar refractivity (Wildman–Crippen MR) is 44.4 cm³/mol. The fourth-order valence-electron chi connectivity index (χ4n) is 1.20. The average Bonchev–Trinajstić information content (AvgIpc) is 2.27. The first kappa shape index (κ1) is 8.19. The molecule has 0 atom stereocenters. The summed E-state index contributed by atoms with van der Waals surface area (Å²) in [5.74, 6) is -2.08. The third-order valence-corrected chi connectivity index (χ3v) is 2.03. The Morgan fingerprint density at radius 3 is 2.69 bits per heavy atom. The summed E-state index contributed by atoms with van der Waals surface area (Å²) in [4.78, 5) is 22.0. The number of hydrogen-bond acceptors (Lipinski definition) is 2. The van der Waals surface area contributed by atoms with Crippen LogP contribution in [0.3, 0.4) is 0 Å². The second kappa shape index (κ2) is 2.53. The second-order valence-corrected chi connectivity index (χ2v) is 3.00. The van der Waals surface area contributed by atoms with Crippen molar-refractivity contribution in [1.29, 1.82) is 0 Å². The molecule has 1 aliphatic heterocycles. The van der Waals surface area contributed by atoms with Crippen molar-refractivity contribution < 1.29 is 14.0 Å². The number of nitrogens with one attached hydrogen (secondary N) is 1. The van der Waals surface area contributed by atoms with Crippen LogP contribution in [-0.2, 0) is 4.79 Å². The molecule has 5 heteroatoms. The van der Waals surface area contributed by atoms with Crippen LogP contribution in [0.5, 0.6) is 0 Å². The van der Waals surface area contributed by atoms with Gasteiger partial charge >= 0.3 is 0 Å². The Hall–Kier alpha value is -1.42. The van der Waals surface area contributed by atoms with Gasteiger partial charge in [0.05, 0.1) is 16.3 Å². The number of ketones is 1. The lowest BCUT2D eigenvalue weighted by molar-refractivity contribution is -0.112. The number of carbonyl (C=O) groups excluding carboxylic acids is 2. The van der Waals surface area contributed by atoms with Gasteiger partial charge in [-0.25, -0.2) is 4.39 Å². The minimum absolute atomic E-state index is 0.0432. The van der Waals surface area contributed by atoms with Crippen LogP contribution in [0.15, 0.2) is 12.1 Å². The van der Waals surface area contributed by atoms with Crippen LogP contribution in [0.2, 0.25) is 5.02 Å². The third-order valence-electron chi connectivity index (χ3n) is 1.74. The number of halogens is 2. The van der Waals surface area contributed by atoms with Gasteiger partial charge in [-0.2, -0.15) is 0 Å². The van der Waals surface area contributed by atoms with Crippen molar-refractivity contribution in [1.82, 2.24) is 0 Å². The van der Waals surface area contributed by atoms with Gasteiger partial charge in [-0.3, -0.25) is 9.59 Å². The van der Waals surface area contributed by atoms with E-state index in [1.54, 1.807) is 0 Å². The first-order valence-electron chi connectivity index (χ1n) is 3.44. The number of anilines is 1. The second-order valence-electron chi connectivity index (χ2n) is 2.59. The minimum Gasteiger partial charge on any atom is -0.318 e. The minimum atomic E-state index is -0.775. The summed E-state index contributed by atoms with van der Waals surface area (Å²) in [5.41, 5.74) is 0.188. The molecule has 0 saturated carbocycles. The summed E-state index contributed by atoms with van der Waals surface area (Å²) in [5, 5.41) is 2.17. The maximum Gasteiger partial charge on any atom is 0.296 e. The number of carbonyl (C=O) groups is 2. The number of fused-ring (bicyclic) bond motifs is 1. The third kappa shape index (κ3) is 1.10. The van der Waals surface area contributed by atoms with E-state index >= 15 is 0 Å². The lowest BCUT2D eigenvalue weighted by Crippen LogP contribution is -2.12. The molecule has 2 rings (SSSR count). The maximum atomic E-state index is 12.7. The number of hydrogen-bond donors (Lipinski definition) is 1. The molecule has 0 aromatic heterocycles. The topological polar surface area (TPSA) is 46.2 Å². The molecule has 0 aliphatic carbocycles. The first-order valence-corrected chi connectivity index (χ1v) is 3.82. The summed E-state index contributed by atoms with van der Waals surface area (Å²) >= 11 is 5.58. The zero-order valence-electron chi connectivity index (χ0n) is 6.23. The van der Waals surface area contributed by atoms with Crippen LogP contribution in [0, 0.1) is 5.82 Å². The molecule has 1 N–H and O–H groups in total. The van der Waals surface area contributed by atoms with Crippen LogP contribution in [-0.4, -0.2) is 11.7 Å². The van der Waals surface area contributed by atoms with Crippen molar-refractivity contribution in [2.24, 2.45) is 0 Å². The largest absolute Gasteiger partial charge is 0.318 e. The molecular weight excluding hydrogens is 197 g/mol. The van der Waals surface area contributed by atoms with Crippen molar-refractivity contribution in [3.05, 3.63) is 28.5 Å². The lowest BCUT2D eigenvalue weighted by atomic mass is 10.1. The molecule has 0 bridgehead atoms. The summed E-state index contributed by atoms with van der Waals surface area (Å²) in [6.07, 6.45) is 0. The molecule has 0 spiro atoms. The van der Waals surface area contributed by atoms with Gasteiger partial charge in [0, 0.05) is 0 Å². The summed E-state index contributed by atoms with van der Waals surface area (Å²) < 4.78 is 12.7. The zero-order chi connectivity index (χ0) is 9.59. The molecule has 13 heavy (non-hydrogen) atoms. The molecule has 66 valence electrons. The van der Waals surface area contributed by atoms with E-state index in [4.69, 9.17) is 11.6 Å². The van der Waals surface area contributed by atoms with E-state index in [0.717, 1.165) is 12.1 Å². The number of benzene rings is 1. The van der Waals surface area contributed by atoms with E-state index in [2.05, 4.69) is 5.32 Å². The number of rotatable bonds is 0. The Morgan fingerprint density at radius 2 is 2.00 bits per heavy atom. The van der Waals surface area contributed by atoms with Gasteiger partial charge in [-0.15, -0.1) is 0 Å². The highest BCUT2D eigenvalue weighted by atomic mass is 35.5. The number of Topliss-reactive ketones (excluding diaryl/α,β-unsaturated/α-hetero) is 1. The van der Waals surface area contributed by atoms with Gasteiger partial charge in [0.15, 0.2) is 0 Å². The zero-order valence-corrected chi connectivity index (χ0v) is 6.98. The van der Waals surface area contributed by atoms with Gasteiger partial charge in [-0.05, 0) is 12.1 Å². The summed E-state index contributed by atoms with van der Waals surface area (Å²) in [6, 6.07) is 2.06. The molecule has 3 nitrogen and oxygen atoms in total. The molecule has 0 fully saturated rings. The van der Waals surface area contributed by atoms with Crippen LogP contribution in [0.1, 0.15) is 10.4 Å². The van der Waals surface area contributed by atoms with Gasteiger partial charge in [0.25, 0.3) is 11.7 Å². The van der Waals surface area contributed by atoms with Crippen molar-refractivity contribution in [3.8, 4) is 0 Å². The van der Waals surface area contributed by atoms with Crippen LogP contribution in [0.4, 0.5) is 10.1 Å². The summed E-state index contributed by atoms with van der Waals surface area (Å²) in [6.45, 7) is 0. The van der Waals surface area contributed by atoms with E-state index in [9.17, 15) is 14.0 Å². The van der Waals surface area contributed by atoms with E-state index in [-0.39, 0.29) is 16.3 Å². The molecule has 0 radical (unpaired) electrons. The SMILES string of the molecule is O=C1Nc2cc(F)cc(Cl)c2C1=O. The van der Waals surface area contributed by atoms with Crippen molar-refractivity contribution >= 4 is 29.0 Å². The number of amides is 1. The Labute approximate surface area is 77.5 Å². The molecule has 0 saturated heterocycles. The molecule has 1 amide bonds. The molecule has 1 aromatic carbocycles. The van der Waals surface area contributed by atoms with Gasteiger partial charge in [-0.1, -0.05) is 11.6 Å². The van der Waals surface area contributed by atoms with Crippen molar-refractivity contribution in [2.45, 2.75) is 0 Å². The van der Waals surface area contributed by atoms with E-state index in [0.29, 0.717) is 0 Å². The Kier molecular flexibility index (Phi) is 1.60. The van der Waals surface area contributed by atoms with Gasteiger partial charge < -0.3 is 5.32 Å². The normalized spacial score (nSPS) is 14.3. The van der Waals surface area contributed by atoms with Gasteiger partial charge in [0.2, 0.25) is 0 Å². The van der Waals surface area contributed by atoms with E-state index in [1.807, 2.05) is 0 Å². The lowest BCUT2D eigenvalue weighted by Gasteiger charge is -1.98. The average molecular weight is 200 g/mol. The standard InChI is InChI=1S/C8H3ClFNO2/c9-4-1-3(10)2-5-6(4)7(12)8(13)11-5/h1-2H,(H,11,12,13). The molecule has 1 aromatic rings. The monoisotopic (exact) mass is 199 g/mol. The highest BCUT2D eigenvalue weighted by Crippen LogP contribution is 2.30. The first-order chi connectivity index (χ1) is 6.09. The maximum absolute atomic E-state index is 12.7. The Balaban J connectivity index is 2.71. The van der Waals surface area contributed by atoms with Crippen LogP contribution >= 0.6 is 11.6 Å². The molecular formula is C8H3ClFNO2. The van der Waals surface area contributed by atoms with Crippen molar-refractivity contribution in [2.75, 3.05) is 5.32 Å². The molecule has 1 heterocycles. The van der Waals surface area contributed by atoms with Gasteiger partial charge in [0.1, 0.15) is 5.82 Å². The quantitative estimate of drug-likeness (QED) is 0.646. The highest BCUT2D eigenvalue weighted by molar-refractivity contribution is 6.54. The van der Waals surface area contributed by atoms with Crippen LogP contribution < -0.4 is 5.32 Å². The predicted octanol–water partition coefficient (Wildman–Crippen LogP) is 1.61. The molecule has 1 aliphatic rings. The van der Waals surface area contributed by atoms with E-state index < -0.39 is 17.5 Å². The van der Waals surface area contributed by atoms with E-state index in [1.165, 1.54) is 0 Å². The van der Waals surface area contributed by atoms with Crippen LogP contribution in [0.25, 0.3) is 0 Å². The molecule has 0 unspecified atom stereocenters. The fourth-order valence-corrected chi connectivity index (χ4v) is 1.49. The summed E-state index contributed by atoms with van der Waals surface area (Å²) in [7, 11) is 0. The fraction of sp³-hybridized carbons (Fsp3) is 0. The Bertz CT molecular complexity index is 430. The van der Waals surface area contributed by atoms with Crippen molar-refractivity contribution in [3.63, 3.8) is 0 Å².